The molecule has 480 valence electrons. The Labute approximate surface area is 501 Å². The number of Topliss-reactive ketones (excluding diaryl/α,β-unsaturated/α-hetero) is 1. The number of aliphatic hydroxyl groups excluding tert-OH is 1. The highest BCUT2D eigenvalue weighted by atomic mass is 16.3. The van der Waals surface area contributed by atoms with Crippen molar-refractivity contribution in [2.24, 2.45) is 17.8 Å². The van der Waals surface area contributed by atoms with Gasteiger partial charge in [-0.05, 0) is 127 Å². The normalized spacial score (nSPS) is 19.8. The quantitative estimate of drug-likeness (QED) is 0.0419. The van der Waals surface area contributed by atoms with Gasteiger partial charge in [-0.15, -0.1) is 0 Å². The second kappa shape index (κ2) is 33.3. The molecule has 0 spiro atoms. The zero-order chi connectivity index (χ0) is 64.2. The van der Waals surface area contributed by atoms with Crippen LogP contribution in [-0.4, -0.2) is 182 Å². The largest absolute Gasteiger partial charge is 0.395 e. The first-order valence-corrected chi connectivity index (χ1v) is 30.9. The maximum atomic E-state index is 14.8. The van der Waals surface area contributed by atoms with Gasteiger partial charge in [-0.25, -0.2) is 0 Å². The van der Waals surface area contributed by atoms with E-state index >= 15 is 0 Å². The van der Waals surface area contributed by atoms with E-state index in [1.54, 1.807) is 39.6 Å². The molecule has 10 atom stereocenters. The number of hydrogen-bond acceptors (Lipinski definition) is 13. The van der Waals surface area contributed by atoms with Crippen LogP contribution in [0.5, 0.6) is 0 Å². The number of nitrogens with zero attached hydrogens (tertiary/aromatic N) is 3. The summed E-state index contributed by atoms with van der Waals surface area (Å²) in [6.07, 6.45) is 9.75. The first-order chi connectivity index (χ1) is 38.9. The van der Waals surface area contributed by atoms with E-state index in [0.717, 1.165) is 32.1 Å². The molecule has 0 aromatic heterocycles. The number of hydrogen-bond donors (Lipinski definition) is 9. The molecule has 23 nitrogen and oxygen atoms in total. The van der Waals surface area contributed by atoms with Crippen LogP contribution in [0, 0.1) is 17.8 Å². The third-order valence-corrected chi connectivity index (χ3v) is 16.4. The fourth-order valence-electron chi connectivity index (χ4n) is 10.6. The van der Waals surface area contributed by atoms with Crippen LogP contribution in [-0.2, 0) is 52.7 Å². The van der Waals surface area contributed by atoms with Gasteiger partial charge in [-0.3, -0.25) is 52.7 Å². The number of unbranched alkanes of at least 4 members (excludes halogenated alkanes) is 5. The lowest BCUT2D eigenvalue weighted by Crippen LogP contribution is -2.66. The van der Waals surface area contributed by atoms with Crippen molar-refractivity contribution >= 4 is 64.9 Å². The van der Waals surface area contributed by atoms with Crippen LogP contribution in [0.1, 0.15) is 208 Å². The van der Waals surface area contributed by atoms with E-state index in [9.17, 15) is 57.8 Å². The fraction of sp³-hybridized carbons (Fsp3) is 0.820. The number of likely N-dealkylation sites (tertiary alicyclic amines) is 2. The SMILES string of the molecule is CCCCCCCCC(C)C(=O)N1CCCC1C(=O)N1C(CC(=O)CC)CC(C)CC1C(=O)NC(C)C(=O)NC(C)(C)C(=O)NC(C)(C)C(=O)NC(C(=O)NC(C)C(=O)NC(C)(C)C(=O)NC(C)(C)C(=O)NC(C)CN(C)CCO)C(C)CC. The lowest BCUT2D eigenvalue weighted by Gasteiger charge is -2.45. The molecule has 2 aliphatic heterocycles. The number of carbonyl (C=O) groups is 11. The van der Waals surface area contributed by atoms with Crippen molar-refractivity contribution in [2.45, 2.75) is 272 Å². The molecule has 23 heteroatoms. The molecule has 9 N–H and O–H groups in total. The van der Waals surface area contributed by atoms with Crippen molar-refractivity contribution in [3.05, 3.63) is 0 Å². The summed E-state index contributed by atoms with van der Waals surface area (Å²) in [5.74, 6) is -6.88. The molecule has 84 heavy (non-hydrogen) atoms. The molecule has 10 unspecified atom stereocenters. The maximum absolute atomic E-state index is 14.8. The Kier molecular flexibility index (Phi) is 29.5. The van der Waals surface area contributed by atoms with E-state index in [0.29, 0.717) is 51.7 Å². The summed E-state index contributed by atoms with van der Waals surface area (Å²) in [7, 11) is 1.80. The standard InChI is InChI=1S/C61H109N11O12/c1-19-22-23-24-25-26-28-39(6)52(79)71-30-27-29-45(71)53(80)72-43(35-44(74)21-3)33-37(4)34-46(72)50(77)63-41(8)48(75)66-61(16,17)57(84)69-59(12,13)55(82)65-47(38(5)20-2)51(78)64-42(9)49(76)67-60(14,15)56(83)68-58(10,11)54(81)62-40(7)36-70(18)31-32-73/h37-43,45-47,73H,19-36H2,1-18H3,(H,62,81)(H,63,77)(H,64,78)(H,65,82)(H,66,75)(H,67,76)(H,68,83)(H,69,84). The lowest BCUT2D eigenvalue weighted by atomic mass is 9.83. The molecule has 0 aromatic carbocycles. The van der Waals surface area contributed by atoms with Gasteiger partial charge >= 0.3 is 0 Å². The number of likely N-dealkylation sites (N-methyl/N-ethyl adjacent to an activating group) is 1. The first-order valence-electron chi connectivity index (χ1n) is 30.9. The summed E-state index contributed by atoms with van der Waals surface area (Å²) in [6, 6.07) is -6.40. The van der Waals surface area contributed by atoms with Crippen molar-refractivity contribution in [3.63, 3.8) is 0 Å². The molecule has 2 heterocycles. The molecule has 10 amide bonds. The van der Waals surface area contributed by atoms with Gasteiger partial charge in [0, 0.05) is 50.5 Å². The number of aliphatic hydroxyl groups is 1. The summed E-state index contributed by atoms with van der Waals surface area (Å²) in [5, 5.41) is 30.8. The van der Waals surface area contributed by atoms with Crippen molar-refractivity contribution in [1.82, 2.24) is 57.2 Å². The number of ketones is 1. The molecule has 2 saturated heterocycles. The highest BCUT2D eigenvalue weighted by Gasteiger charge is 2.48. The molecule has 2 rings (SSSR count). The molecule has 0 aliphatic carbocycles. The van der Waals surface area contributed by atoms with Gasteiger partial charge < -0.3 is 62.3 Å². The molecule has 2 aliphatic rings. The third kappa shape index (κ3) is 22.3. The molecule has 0 radical (unpaired) electrons. The Morgan fingerprint density at radius 2 is 1.13 bits per heavy atom. The Morgan fingerprint density at radius 3 is 1.65 bits per heavy atom. The van der Waals surface area contributed by atoms with Gasteiger partial charge in [0.1, 0.15) is 58.1 Å². The molecule has 0 saturated carbocycles. The van der Waals surface area contributed by atoms with E-state index in [1.807, 2.05) is 18.7 Å². The molecule has 2 fully saturated rings. The lowest BCUT2D eigenvalue weighted by molar-refractivity contribution is -0.155. The van der Waals surface area contributed by atoms with Crippen LogP contribution >= 0.6 is 0 Å². The predicted molar refractivity (Wildman–Crippen MR) is 322 cm³/mol. The fourth-order valence-corrected chi connectivity index (χ4v) is 10.6. The van der Waals surface area contributed by atoms with Gasteiger partial charge in [0.2, 0.25) is 59.1 Å². The van der Waals surface area contributed by atoms with E-state index in [4.69, 9.17) is 0 Å². The first kappa shape index (κ1) is 74.4. The second-order valence-electron chi connectivity index (χ2n) is 26.3. The van der Waals surface area contributed by atoms with Crippen LogP contribution in [0.15, 0.2) is 0 Å². The van der Waals surface area contributed by atoms with Crippen molar-refractivity contribution in [3.8, 4) is 0 Å². The number of rotatable bonds is 34. The van der Waals surface area contributed by atoms with Crippen molar-refractivity contribution in [1.29, 1.82) is 0 Å². The zero-order valence-corrected chi connectivity index (χ0v) is 54.3. The summed E-state index contributed by atoms with van der Waals surface area (Å²) < 4.78 is 0. The van der Waals surface area contributed by atoms with E-state index in [-0.39, 0.29) is 61.3 Å². The minimum atomic E-state index is -1.68. The van der Waals surface area contributed by atoms with Crippen LogP contribution < -0.4 is 42.5 Å². The maximum Gasteiger partial charge on any atom is 0.246 e. The minimum absolute atomic E-state index is 0.0407. The molecule has 0 aromatic rings. The summed E-state index contributed by atoms with van der Waals surface area (Å²) in [4.78, 5) is 157. The Morgan fingerprint density at radius 1 is 0.619 bits per heavy atom. The van der Waals surface area contributed by atoms with Crippen LogP contribution in [0.3, 0.4) is 0 Å². The Hall–Kier alpha value is -5.71. The van der Waals surface area contributed by atoms with Gasteiger partial charge in [-0.1, -0.05) is 86.5 Å². The average molecular weight is 1190 g/mol. The number of amides is 10. The van der Waals surface area contributed by atoms with Crippen LogP contribution in [0.4, 0.5) is 0 Å². The molecular weight excluding hydrogens is 1080 g/mol. The van der Waals surface area contributed by atoms with Crippen molar-refractivity contribution in [2.75, 3.05) is 33.3 Å². The Balaban J connectivity index is 2.17. The van der Waals surface area contributed by atoms with Crippen LogP contribution in [0.25, 0.3) is 0 Å². The number of carbonyl (C=O) groups excluding carboxylic acids is 11. The zero-order valence-electron chi connectivity index (χ0n) is 54.3. The van der Waals surface area contributed by atoms with Gasteiger partial charge in [0.15, 0.2) is 0 Å². The predicted octanol–water partition coefficient (Wildman–Crippen LogP) is 3.28. The molecule has 0 bridgehead atoms. The van der Waals surface area contributed by atoms with E-state index in [1.165, 1.54) is 80.6 Å². The number of nitrogens with one attached hydrogen (secondary N) is 8. The summed E-state index contributed by atoms with van der Waals surface area (Å²) >= 11 is 0. The molecular formula is C61H109N11O12. The van der Waals surface area contributed by atoms with Crippen molar-refractivity contribution < 1.29 is 57.8 Å². The van der Waals surface area contributed by atoms with Crippen LogP contribution in [0.2, 0.25) is 0 Å². The minimum Gasteiger partial charge on any atom is -0.395 e. The van der Waals surface area contributed by atoms with E-state index < -0.39 is 112 Å². The Bertz CT molecular complexity index is 2290. The van der Waals surface area contributed by atoms with Gasteiger partial charge in [-0.2, -0.15) is 0 Å². The van der Waals surface area contributed by atoms with Gasteiger partial charge in [0.25, 0.3) is 0 Å². The summed E-state index contributed by atoms with van der Waals surface area (Å²) in [6.45, 7) is 28.8. The monoisotopic (exact) mass is 1190 g/mol. The summed E-state index contributed by atoms with van der Waals surface area (Å²) in [5.41, 5.74) is -6.30. The highest BCUT2D eigenvalue weighted by molar-refractivity contribution is 6.01. The average Bonchev–Trinajstić information content (AvgIpc) is 3.77. The number of piperidine rings is 1. The van der Waals surface area contributed by atoms with E-state index in [2.05, 4.69) is 49.5 Å². The second-order valence-corrected chi connectivity index (χ2v) is 26.3. The third-order valence-electron chi connectivity index (χ3n) is 16.4. The van der Waals surface area contributed by atoms with Gasteiger partial charge in [0.05, 0.1) is 6.61 Å². The highest BCUT2D eigenvalue weighted by Crippen LogP contribution is 2.34. The smallest absolute Gasteiger partial charge is 0.246 e. The topological polar surface area (TPSA) is 314 Å².